The van der Waals surface area contributed by atoms with E-state index in [1.54, 1.807) is 19.2 Å². The van der Waals surface area contributed by atoms with Gasteiger partial charge in [0.25, 0.3) is 0 Å². The van der Waals surface area contributed by atoms with Gasteiger partial charge in [0, 0.05) is 0 Å². The summed E-state index contributed by atoms with van der Waals surface area (Å²) in [5.74, 6) is 0.734. The standard InChI is InChI=1S/C13H18F3NO2/c1-3-19-11-6-4-10(5-7-11)12(17-2)8-18-9-13(14,15)16/h4-7,12,17H,3,8-9H2,1-2H3. The Morgan fingerprint density at radius 1 is 1.21 bits per heavy atom. The zero-order valence-electron chi connectivity index (χ0n) is 11.0. The summed E-state index contributed by atoms with van der Waals surface area (Å²) in [5.41, 5.74) is 0.855. The molecule has 108 valence electrons. The molecule has 0 bridgehead atoms. The summed E-state index contributed by atoms with van der Waals surface area (Å²) in [7, 11) is 1.68. The van der Waals surface area contributed by atoms with Gasteiger partial charge in [0.1, 0.15) is 12.4 Å². The van der Waals surface area contributed by atoms with E-state index in [0.717, 1.165) is 11.3 Å². The normalized spacial score (nSPS) is 13.3. The number of alkyl halides is 3. The van der Waals surface area contributed by atoms with Gasteiger partial charge in [0.05, 0.1) is 19.3 Å². The predicted octanol–water partition coefficient (Wildman–Crippen LogP) is 2.92. The lowest BCUT2D eigenvalue weighted by Crippen LogP contribution is -2.25. The van der Waals surface area contributed by atoms with Crippen LogP contribution in [0.1, 0.15) is 18.5 Å². The number of benzene rings is 1. The minimum Gasteiger partial charge on any atom is -0.494 e. The maximum atomic E-state index is 12.0. The highest BCUT2D eigenvalue weighted by atomic mass is 19.4. The van der Waals surface area contributed by atoms with Gasteiger partial charge in [-0.1, -0.05) is 12.1 Å². The van der Waals surface area contributed by atoms with Crippen LogP contribution in [0.15, 0.2) is 24.3 Å². The Labute approximate surface area is 110 Å². The summed E-state index contributed by atoms with van der Waals surface area (Å²) in [6, 6.07) is 6.91. The largest absolute Gasteiger partial charge is 0.494 e. The Morgan fingerprint density at radius 2 is 1.84 bits per heavy atom. The van der Waals surface area contributed by atoms with Crippen LogP contribution < -0.4 is 10.1 Å². The molecular formula is C13H18F3NO2. The molecule has 19 heavy (non-hydrogen) atoms. The van der Waals surface area contributed by atoms with Gasteiger partial charge in [-0.3, -0.25) is 0 Å². The maximum absolute atomic E-state index is 12.0. The average Bonchev–Trinajstić information content (AvgIpc) is 2.35. The number of ether oxygens (including phenoxy) is 2. The Bertz CT molecular complexity index is 365. The molecule has 3 nitrogen and oxygen atoms in total. The van der Waals surface area contributed by atoms with Gasteiger partial charge in [0.15, 0.2) is 0 Å². The maximum Gasteiger partial charge on any atom is 0.411 e. The molecule has 0 spiro atoms. The van der Waals surface area contributed by atoms with Gasteiger partial charge in [-0.25, -0.2) is 0 Å². The van der Waals surface area contributed by atoms with E-state index >= 15 is 0 Å². The lowest BCUT2D eigenvalue weighted by molar-refractivity contribution is -0.175. The lowest BCUT2D eigenvalue weighted by Gasteiger charge is -2.18. The van der Waals surface area contributed by atoms with Crippen LogP contribution in [0, 0.1) is 0 Å². The summed E-state index contributed by atoms with van der Waals surface area (Å²) in [4.78, 5) is 0. The van der Waals surface area contributed by atoms with Gasteiger partial charge in [0.2, 0.25) is 0 Å². The second-order valence-corrected chi connectivity index (χ2v) is 3.97. The first-order valence-electron chi connectivity index (χ1n) is 6.00. The third-order valence-electron chi connectivity index (χ3n) is 2.49. The lowest BCUT2D eigenvalue weighted by atomic mass is 10.1. The molecule has 1 aromatic rings. The molecule has 0 amide bonds. The number of hydrogen-bond acceptors (Lipinski definition) is 3. The van der Waals surface area contributed by atoms with Crippen molar-refractivity contribution >= 4 is 0 Å². The van der Waals surface area contributed by atoms with Crippen molar-refractivity contribution in [1.82, 2.24) is 5.32 Å². The molecule has 0 aliphatic heterocycles. The fourth-order valence-corrected chi connectivity index (χ4v) is 1.60. The van der Waals surface area contributed by atoms with Crippen molar-refractivity contribution in [3.05, 3.63) is 29.8 Å². The molecule has 1 unspecified atom stereocenters. The van der Waals surface area contributed by atoms with Crippen LogP contribution in [0.25, 0.3) is 0 Å². The zero-order valence-corrected chi connectivity index (χ0v) is 11.0. The number of likely N-dealkylation sites (N-methyl/N-ethyl adjacent to an activating group) is 1. The third-order valence-corrected chi connectivity index (χ3v) is 2.49. The van der Waals surface area contributed by atoms with Crippen LogP contribution in [0.2, 0.25) is 0 Å². The highest BCUT2D eigenvalue weighted by Crippen LogP contribution is 2.20. The highest BCUT2D eigenvalue weighted by molar-refractivity contribution is 5.29. The molecular weight excluding hydrogens is 259 g/mol. The molecule has 1 rings (SSSR count). The van der Waals surface area contributed by atoms with Crippen LogP contribution >= 0.6 is 0 Å². The van der Waals surface area contributed by atoms with Crippen LogP contribution in [-0.4, -0.2) is 33.0 Å². The quantitative estimate of drug-likeness (QED) is 0.831. The van der Waals surface area contributed by atoms with Crippen molar-refractivity contribution in [2.75, 3.05) is 26.9 Å². The second kappa shape index (κ2) is 7.35. The molecule has 0 aliphatic rings. The first-order chi connectivity index (χ1) is 8.96. The molecule has 0 aliphatic carbocycles. The van der Waals surface area contributed by atoms with Crippen molar-refractivity contribution in [1.29, 1.82) is 0 Å². The number of hydrogen-bond donors (Lipinski definition) is 1. The summed E-state index contributed by atoms with van der Waals surface area (Å²) >= 11 is 0. The van der Waals surface area contributed by atoms with Crippen LogP contribution in [0.4, 0.5) is 13.2 Å². The van der Waals surface area contributed by atoms with Gasteiger partial charge >= 0.3 is 6.18 Å². The first kappa shape index (κ1) is 15.8. The van der Waals surface area contributed by atoms with Crippen LogP contribution in [0.5, 0.6) is 5.75 Å². The van der Waals surface area contributed by atoms with Gasteiger partial charge in [-0.05, 0) is 31.7 Å². The van der Waals surface area contributed by atoms with E-state index in [1.807, 2.05) is 19.1 Å². The van der Waals surface area contributed by atoms with Crippen molar-refractivity contribution in [3.63, 3.8) is 0 Å². The Balaban J connectivity index is 2.54. The van der Waals surface area contributed by atoms with Crippen molar-refractivity contribution in [3.8, 4) is 5.75 Å². The minimum absolute atomic E-state index is 0.0377. The summed E-state index contributed by atoms with van der Waals surface area (Å²) < 4.78 is 45.9. The molecule has 1 atom stereocenters. The zero-order chi connectivity index (χ0) is 14.3. The number of halogens is 3. The molecule has 0 saturated carbocycles. The van der Waals surface area contributed by atoms with Crippen molar-refractivity contribution < 1.29 is 22.6 Å². The first-order valence-corrected chi connectivity index (χ1v) is 6.00. The van der Waals surface area contributed by atoms with E-state index in [1.165, 1.54) is 0 Å². The molecule has 6 heteroatoms. The van der Waals surface area contributed by atoms with Crippen molar-refractivity contribution in [2.24, 2.45) is 0 Å². The highest BCUT2D eigenvalue weighted by Gasteiger charge is 2.27. The molecule has 1 N–H and O–H groups in total. The van der Waals surface area contributed by atoms with Crippen LogP contribution in [-0.2, 0) is 4.74 Å². The Morgan fingerprint density at radius 3 is 2.32 bits per heavy atom. The number of nitrogens with one attached hydrogen (secondary N) is 1. The molecule has 0 fully saturated rings. The van der Waals surface area contributed by atoms with E-state index in [4.69, 9.17) is 4.74 Å². The predicted molar refractivity (Wildman–Crippen MR) is 66.3 cm³/mol. The van der Waals surface area contributed by atoms with E-state index in [9.17, 15) is 13.2 Å². The Hall–Kier alpha value is -1.27. The smallest absolute Gasteiger partial charge is 0.411 e. The van der Waals surface area contributed by atoms with Gasteiger partial charge in [-0.2, -0.15) is 13.2 Å². The topological polar surface area (TPSA) is 30.5 Å². The molecule has 0 radical (unpaired) electrons. The average molecular weight is 277 g/mol. The van der Waals surface area contributed by atoms with Gasteiger partial charge in [-0.15, -0.1) is 0 Å². The summed E-state index contributed by atoms with van der Waals surface area (Å²) in [5, 5.41) is 2.92. The van der Waals surface area contributed by atoms with E-state index in [2.05, 4.69) is 10.1 Å². The van der Waals surface area contributed by atoms with E-state index in [-0.39, 0.29) is 12.6 Å². The Kier molecular flexibility index (Phi) is 6.11. The van der Waals surface area contributed by atoms with E-state index in [0.29, 0.717) is 6.61 Å². The fourth-order valence-electron chi connectivity index (χ4n) is 1.60. The molecule has 0 heterocycles. The minimum atomic E-state index is -4.29. The number of rotatable bonds is 7. The van der Waals surface area contributed by atoms with Crippen molar-refractivity contribution in [2.45, 2.75) is 19.1 Å². The van der Waals surface area contributed by atoms with Crippen LogP contribution in [0.3, 0.4) is 0 Å². The molecule has 1 aromatic carbocycles. The van der Waals surface area contributed by atoms with E-state index < -0.39 is 12.8 Å². The molecule has 0 saturated heterocycles. The second-order valence-electron chi connectivity index (χ2n) is 3.97. The van der Waals surface area contributed by atoms with Gasteiger partial charge < -0.3 is 14.8 Å². The molecule has 0 aromatic heterocycles. The summed E-state index contributed by atoms with van der Waals surface area (Å²) in [6.45, 7) is 1.19. The monoisotopic (exact) mass is 277 g/mol. The third kappa shape index (κ3) is 5.94. The SMILES string of the molecule is CCOc1ccc(C(COCC(F)(F)F)NC)cc1. The fraction of sp³-hybridized carbons (Fsp3) is 0.538. The summed E-state index contributed by atoms with van der Waals surface area (Å²) in [6.07, 6.45) is -4.29.